The first-order valence-electron chi connectivity index (χ1n) is 5.55. The normalized spacial score (nSPS) is 11.4. The first-order valence-corrected chi connectivity index (χ1v) is 5.55. The van der Waals surface area contributed by atoms with Crippen LogP contribution in [0.15, 0.2) is 24.3 Å². The Bertz CT molecular complexity index is 381. The van der Waals surface area contributed by atoms with E-state index in [0.717, 1.165) is 5.56 Å². The second-order valence-electron chi connectivity index (χ2n) is 5.04. The van der Waals surface area contributed by atoms with Gasteiger partial charge in [0.25, 0.3) is 0 Å². The molecule has 0 radical (unpaired) electrons. The fraction of sp³-hybridized carbons (Fsp3) is 0.462. The lowest BCUT2D eigenvalue weighted by molar-refractivity contribution is -0.131. The molecule has 2 N–H and O–H groups in total. The molecule has 0 saturated heterocycles. The van der Waals surface area contributed by atoms with E-state index in [1.807, 2.05) is 13.8 Å². The van der Waals surface area contributed by atoms with Crippen LogP contribution in [0.1, 0.15) is 25.8 Å². The molecule has 0 bridgehead atoms. The molecule has 94 valence electrons. The largest absolute Gasteiger partial charge is 0.341 e. The van der Waals surface area contributed by atoms with E-state index in [1.54, 1.807) is 24.1 Å². The standard InChI is InChI=1S/C13H19FN2O/c1-13(2,15)8-12(17)16(3)9-10-4-6-11(14)7-5-10/h4-7H,8-9,15H2,1-3H3. The van der Waals surface area contributed by atoms with Crippen molar-refractivity contribution in [2.75, 3.05) is 7.05 Å². The predicted octanol–water partition coefficient (Wildman–Crippen LogP) is 1.91. The highest BCUT2D eigenvalue weighted by Crippen LogP contribution is 2.10. The van der Waals surface area contributed by atoms with Gasteiger partial charge in [0.15, 0.2) is 0 Å². The zero-order valence-electron chi connectivity index (χ0n) is 10.5. The Morgan fingerprint density at radius 3 is 2.35 bits per heavy atom. The summed E-state index contributed by atoms with van der Waals surface area (Å²) in [6.45, 7) is 4.10. The van der Waals surface area contributed by atoms with Gasteiger partial charge >= 0.3 is 0 Å². The van der Waals surface area contributed by atoms with Gasteiger partial charge in [0.05, 0.1) is 0 Å². The SMILES string of the molecule is CN(Cc1ccc(F)cc1)C(=O)CC(C)(C)N. The van der Waals surface area contributed by atoms with Crippen molar-refractivity contribution in [2.45, 2.75) is 32.4 Å². The van der Waals surface area contributed by atoms with Crippen LogP contribution >= 0.6 is 0 Å². The zero-order valence-corrected chi connectivity index (χ0v) is 10.5. The van der Waals surface area contributed by atoms with Crippen molar-refractivity contribution in [3.63, 3.8) is 0 Å². The Morgan fingerprint density at radius 1 is 1.35 bits per heavy atom. The second-order valence-corrected chi connectivity index (χ2v) is 5.04. The number of carbonyl (C=O) groups is 1. The van der Waals surface area contributed by atoms with Gasteiger partial charge in [-0.15, -0.1) is 0 Å². The van der Waals surface area contributed by atoms with Gasteiger partial charge in [0, 0.05) is 25.6 Å². The first-order chi connectivity index (χ1) is 7.78. The summed E-state index contributed by atoms with van der Waals surface area (Å²) in [5.74, 6) is -0.285. The number of nitrogens with zero attached hydrogens (tertiary/aromatic N) is 1. The van der Waals surface area contributed by atoms with Gasteiger partial charge in [-0.05, 0) is 31.5 Å². The van der Waals surface area contributed by atoms with Gasteiger partial charge in [-0.2, -0.15) is 0 Å². The molecule has 0 spiro atoms. The molecule has 3 nitrogen and oxygen atoms in total. The molecule has 4 heteroatoms. The van der Waals surface area contributed by atoms with Gasteiger partial charge in [0.2, 0.25) is 5.91 Å². The predicted molar refractivity (Wildman–Crippen MR) is 65.8 cm³/mol. The van der Waals surface area contributed by atoms with Gasteiger partial charge < -0.3 is 10.6 Å². The van der Waals surface area contributed by atoms with Crippen molar-refractivity contribution < 1.29 is 9.18 Å². The van der Waals surface area contributed by atoms with Crippen LogP contribution in [0.3, 0.4) is 0 Å². The van der Waals surface area contributed by atoms with Crippen LogP contribution in [0.25, 0.3) is 0 Å². The average molecular weight is 238 g/mol. The van der Waals surface area contributed by atoms with Crippen molar-refractivity contribution in [1.29, 1.82) is 0 Å². The highest BCUT2D eigenvalue weighted by Gasteiger charge is 2.19. The summed E-state index contributed by atoms with van der Waals surface area (Å²) in [4.78, 5) is 13.4. The molecule has 0 aromatic heterocycles. The molecule has 0 heterocycles. The molecule has 1 aromatic carbocycles. The van der Waals surface area contributed by atoms with Crippen LogP contribution in [0.5, 0.6) is 0 Å². The smallest absolute Gasteiger partial charge is 0.224 e. The van der Waals surface area contributed by atoms with Crippen LogP contribution in [-0.4, -0.2) is 23.4 Å². The summed E-state index contributed by atoms with van der Waals surface area (Å²) in [5, 5.41) is 0. The van der Waals surface area contributed by atoms with E-state index in [-0.39, 0.29) is 11.7 Å². The molecule has 0 aliphatic heterocycles. The van der Waals surface area contributed by atoms with E-state index in [9.17, 15) is 9.18 Å². The van der Waals surface area contributed by atoms with E-state index in [1.165, 1.54) is 12.1 Å². The molecule has 0 aliphatic rings. The third-order valence-electron chi connectivity index (χ3n) is 2.37. The third kappa shape index (κ3) is 4.95. The third-order valence-corrected chi connectivity index (χ3v) is 2.37. The summed E-state index contributed by atoms with van der Waals surface area (Å²) in [6, 6.07) is 6.13. The minimum atomic E-state index is -0.506. The number of benzene rings is 1. The Labute approximate surface area is 101 Å². The summed E-state index contributed by atoms with van der Waals surface area (Å²) >= 11 is 0. The molecule has 0 unspecified atom stereocenters. The minimum absolute atomic E-state index is 0.0122. The summed E-state index contributed by atoms with van der Waals surface area (Å²) in [7, 11) is 1.72. The Balaban J connectivity index is 2.57. The Kier molecular flexibility index (Phi) is 4.23. The first kappa shape index (κ1) is 13.6. The summed E-state index contributed by atoms with van der Waals surface area (Å²) < 4.78 is 12.7. The van der Waals surface area contributed by atoms with Crippen molar-refractivity contribution in [1.82, 2.24) is 4.90 Å². The van der Waals surface area contributed by atoms with Crippen LogP contribution in [-0.2, 0) is 11.3 Å². The maximum atomic E-state index is 12.7. The minimum Gasteiger partial charge on any atom is -0.341 e. The second kappa shape index (κ2) is 5.27. The number of hydrogen-bond donors (Lipinski definition) is 1. The summed E-state index contributed by atoms with van der Waals surface area (Å²) in [5.41, 5.74) is 6.18. The molecule has 1 aromatic rings. The molecule has 0 fully saturated rings. The van der Waals surface area contributed by atoms with Gasteiger partial charge in [0.1, 0.15) is 5.82 Å². The monoisotopic (exact) mass is 238 g/mol. The summed E-state index contributed by atoms with van der Waals surface area (Å²) in [6.07, 6.45) is 0.296. The van der Waals surface area contributed by atoms with Gasteiger partial charge in [-0.1, -0.05) is 12.1 Å². The molecular weight excluding hydrogens is 219 g/mol. The number of halogens is 1. The number of hydrogen-bond acceptors (Lipinski definition) is 2. The van der Waals surface area contributed by atoms with Gasteiger partial charge in [-0.3, -0.25) is 4.79 Å². The lowest BCUT2D eigenvalue weighted by Gasteiger charge is -2.23. The molecule has 0 atom stereocenters. The van der Waals surface area contributed by atoms with E-state index >= 15 is 0 Å². The average Bonchev–Trinajstić information content (AvgIpc) is 2.19. The van der Waals surface area contributed by atoms with Crippen LogP contribution in [0.2, 0.25) is 0 Å². The lowest BCUT2D eigenvalue weighted by Crippen LogP contribution is -2.39. The molecular formula is C13H19FN2O. The van der Waals surface area contributed by atoms with E-state index < -0.39 is 5.54 Å². The quantitative estimate of drug-likeness (QED) is 0.871. The Morgan fingerprint density at radius 2 is 1.88 bits per heavy atom. The molecule has 1 rings (SSSR count). The van der Waals surface area contributed by atoms with Crippen LogP contribution in [0, 0.1) is 5.82 Å². The number of rotatable bonds is 4. The van der Waals surface area contributed by atoms with Crippen molar-refractivity contribution in [3.05, 3.63) is 35.6 Å². The van der Waals surface area contributed by atoms with E-state index in [4.69, 9.17) is 5.73 Å². The van der Waals surface area contributed by atoms with Crippen molar-refractivity contribution >= 4 is 5.91 Å². The van der Waals surface area contributed by atoms with Crippen molar-refractivity contribution in [3.8, 4) is 0 Å². The van der Waals surface area contributed by atoms with Crippen LogP contribution in [0.4, 0.5) is 4.39 Å². The van der Waals surface area contributed by atoms with Crippen LogP contribution < -0.4 is 5.73 Å². The highest BCUT2D eigenvalue weighted by molar-refractivity contribution is 5.77. The Hall–Kier alpha value is -1.42. The molecule has 17 heavy (non-hydrogen) atoms. The maximum absolute atomic E-state index is 12.7. The number of amides is 1. The maximum Gasteiger partial charge on any atom is 0.224 e. The van der Waals surface area contributed by atoms with Gasteiger partial charge in [-0.25, -0.2) is 4.39 Å². The topological polar surface area (TPSA) is 46.3 Å². The fourth-order valence-electron chi connectivity index (χ4n) is 1.48. The fourth-order valence-corrected chi connectivity index (χ4v) is 1.48. The van der Waals surface area contributed by atoms with E-state index in [2.05, 4.69) is 0 Å². The number of nitrogens with two attached hydrogens (primary N) is 1. The lowest BCUT2D eigenvalue weighted by atomic mass is 10.0. The molecule has 1 amide bonds. The molecule has 0 saturated carbocycles. The highest BCUT2D eigenvalue weighted by atomic mass is 19.1. The zero-order chi connectivity index (χ0) is 13.1. The van der Waals surface area contributed by atoms with Crippen molar-refractivity contribution in [2.24, 2.45) is 5.73 Å². The molecule has 0 aliphatic carbocycles. The van der Waals surface area contributed by atoms with E-state index in [0.29, 0.717) is 13.0 Å². The number of carbonyl (C=O) groups excluding carboxylic acids is 1.